The Labute approximate surface area is 512 Å². The Kier molecular flexibility index (Phi) is 21.3. The summed E-state index contributed by atoms with van der Waals surface area (Å²) in [5.41, 5.74) is -2.92. The topological polar surface area (TPSA) is 360 Å². The van der Waals surface area contributed by atoms with E-state index in [4.69, 9.17) is 37.9 Å². The van der Waals surface area contributed by atoms with Crippen LogP contribution in [0.25, 0.3) is 0 Å². The number of rotatable bonds is 22. The Balaban J connectivity index is 0.903. The monoisotopic (exact) mass is 1240 g/mol. The number of aldehydes is 1. The van der Waals surface area contributed by atoms with Gasteiger partial charge in [0, 0.05) is 6.42 Å². The molecule has 0 aromatic rings. The lowest BCUT2D eigenvalue weighted by molar-refractivity contribution is -0.370. The van der Waals surface area contributed by atoms with Crippen molar-refractivity contribution in [1.82, 2.24) is 5.32 Å². The zero-order valence-corrected chi connectivity index (χ0v) is 52.5. The Morgan fingerprint density at radius 2 is 1.38 bits per heavy atom. The number of fused-ring (bicyclic) bond motifs is 7. The highest BCUT2D eigenvalue weighted by Crippen LogP contribution is 2.76. The predicted octanol–water partition coefficient (Wildman–Crippen LogP) is 2.47. The summed E-state index contributed by atoms with van der Waals surface area (Å²) in [7, 11) is 0. The average Bonchev–Trinajstić information content (AvgIpc) is 0.968. The molecule has 8 fully saturated rings. The Bertz CT molecular complexity index is 2400. The van der Waals surface area contributed by atoms with Gasteiger partial charge in [0.15, 0.2) is 18.7 Å². The van der Waals surface area contributed by atoms with Crippen molar-refractivity contribution >= 4 is 18.2 Å². The number of aliphatic hydroxyl groups excluding tert-OH is 10. The number of allylic oxidation sites excluding steroid dienone is 2. The lowest BCUT2D eigenvalue weighted by Crippen LogP contribution is -2.69. The summed E-state index contributed by atoms with van der Waals surface area (Å²) < 4.78 is 47.6. The van der Waals surface area contributed by atoms with Crippen molar-refractivity contribution in [2.75, 3.05) is 26.4 Å². The number of esters is 1. The summed E-state index contributed by atoms with van der Waals surface area (Å²) >= 11 is 0. The van der Waals surface area contributed by atoms with E-state index in [0.717, 1.165) is 63.2 Å². The van der Waals surface area contributed by atoms with E-state index in [1.165, 1.54) is 6.92 Å². The van der Waals surface area contributed by atoms with Crippen molar-refractivity contribution in [3.63, 3.8) is 0 Å². The quantitative estimate of drug-likeness (QED) is 0.0243. The van der Waals surface area contributed by atoms with E-state index < -0.39 is 163 Å². The summed E-state index contributed by atoms with van der Waals surface area (Å²) in [6.45, 7) is 15.4. The number of aliphatic hydroxyl groups is 11. The molecule has 4 heterocycles. The molecule has 9 aliphatic rings. The Morgan fingerprint density at radius 3 is 2.05 bits per heavy atom. The van der Waals surface area contributed by atoms with Crippen LogP contribution in [-0.4, -0.2) is 217 Å². The zero-order valence-electron chi connectivity index (χ0n) is 52.5. The third-order valence-corrected chi connectivity index (χ3v) is 23.6. The van der Waals surface area contributed by atoms with Gasteiger partial charge in [0.05, 0.1) is 55.7 Å². The zero-order chi connectivity index (χ0) is 63.4. The van der Waals surface area contributed by atoms with Crippen LogP contribution < -0.4 is 5.32 Å². The maximum absolute atomic E-state index is 15.7. The first-order chi connectivity index (χ1) is 41.0. The van der Waals surface area contributed by atoms with Crippen molar-refractivity contribution in [1.29, 1.82) is 0 Å². The maximum atomic E-state index is 15.7. The molecule has 12 N–H and O–H groups in total. The van der Waals surface area contributed by atoms with Crippen molar-refractivity contribution in [3.8, 4) is 0 Å². The van der Waals surface area contributed by atoms with Gasteiger partial charge in [0.25, 0.3) is 0 Å². The van der Waals surface area contributed by atoms with E-state index in [9.17, 15) is 65.8 Å². The minimum atomic E-state index is -1.95. The largest absolute Gasteiger partial charge is 0.432 e. The second kappa shape index (κ2) is 26.9. The first-order valence-corrected chi connectivity index (χ1v) is 32.6. The van der Waals surface area contributed by atoms with Crippen LogP contribution in [0.1, 0.15) is 177 Å². The molecule has 5 aliphatic carbocycles. The number of hydrogen-bond acceptors (Lipinski definition) is 22. The van der Waals surface area contributed by atoms with Crippen molar-refractivity contribution < 1.29 is 108 Å². The minimum absolute atomic E-state index is 0.0505. The molecule has 23 heteroatoms. The molecule has 4 saturated carbocycles. The molecule has 87 heavy (non-hydrogen) atoms. The first-order valence-electron chi connectivity index (χ1n) is 32.6. The van der Waals surface area contributed by atoms with Crippen LogP contribution >= 0.6 is 0 Å². The Hall–Kier alpha value is -2.37. The van der Waals surface area contributed by atoms with E-state index in [1.54, 1.807) is 0 Å². The molecule has 9 rings (SSSR count). The van der Waals surface area contributed by atoms with E-state index in [-0.39, 0.29) is 54.0 Å². The smallest absolute Gasteiger partial charge is 0.317 e. The number of carbonyl (C=O) groups is 3. The molecule has 27 atom stereocenters. The fourth-order valence-electron chi connectivity index (χ4n) is 17.9. The molecule has 4 saturated heterocycles. The van der Waals surface area contributed by atoms with Gasteiger partial charge in [-0.05, 0) is 123 Å². The molecule has 0 spiro atoms. The highest BCUT2D eigenvalue weighted by atomic mass is 16.8. The molecule has 14 unspecified atom stereocenters. The van der Waals surface area contributed by atoms with E-state index >= 15 is 4.79 Å². The molecule has 0 aromatic heterocycles. The molecule has 0 aromatic carbocycles. The van der Waals surface area contributed by atoms with Crippen LogP contribution in [0.3, 0.4) is 0 Å². The van der Waals surface area contributed by atoms with Crippen LogP contribution in [0.4, 0.5) is 0 Å². The van der Waals surface area contributed by atoms with Crippen LogP contribution in [0, 0.1) is 50.2 Å². The summed E-state index contributed by atoms with van der Waals surface area (Å²) in [4.78, 5) is 42.4. The van der Waals surface area contributed by atoms with E-state index in [1.807, 2.05) is 13.8 Å². The average molecular weight is 1240 g/mol. The van der Waals surface area contributed by atoms with Crippen LogP contribution in [0.15, 0.2) is 11.6 Å². The number of hydrogen-bond donors (Lipinski definition) is 12. The second-order valence-electron chi connectivity index (χ2n) is 29.3. The summed E-state index contributed by atoms with van der Waals surface area (Å²) in [5.74, 6) is -3.47. The van der Waals surface area contributed by atoms with Gasteiger partial charge < -0.3 is 104 Å². The summed E-state index contributed by atoms with van der Waals surface area (Å²) in [6.07, 6.45) is -9.63. The molecular weight excluding hydrogens is 1130 g/mol. The molecule has 4 aliphatic heterocycles. The Morgan fingerprint density at radius 1 is 0.713 bits per heavy atom. The van der Waals surface area contributed by atoms with Gasteiger partial charge in [-0.25, -0.2) is 0 Å². The van der Waals surface area contributed by atoms with Crippen molar-refractivity contribution in [2.45, 2.75) is 294 Å². The highest BCUT2D eigenvalue weighted by Gasteiger charge is 2.72. The second-order valence-corrected chi connectivity index (χ2v) is 29.3. The third-order valence-electron chi connectivity index (χ3n) is 23.6. The van der Waals surface area contributed by atoms with Gasteiger partial charge in [0.1, 0.15) is 73.2 Å². The molecule has 0 bridgehead atoms. The fraction of sp³-hybridized carbons (Fsp3) is 0.922. The third kappa shape index (κ3) is 12.7. The van der Waals surface area contributed by atoms with Gasteiger partial charge in [-0.3, -0.25) is 9.59 Å². The molecule has 0 radical (unpaired) electrons. The van der Waals surface area contributed by atoms with Crippen molar-refractivity contribution in [3.05, 3.63) is 11.6 Å². The van der Waals surface area contributed by atoms with E-state index in [2.05, 4.69) is 46.0 Å². The fourth-order valence-corrected chi connectivity index (χ4v) is 17.9. The molecule has 498 valence electrons. The first kappa shape index (κ1) is 69.0. The van der Waals surface area contributed by atoms with E-state index in [0.29, 0.717) is 58.0 Å². The van der Waals surface area contributed by atoms with Crippen LogP contribution in [0.2, 0.25) is 0 Å². The summed E-state index contributed by atoms with van der Waals surface area (Å²) in [5, 5.41) is 126. The van der Waals surface area contributed by atoms with Gasteiger partial charge in [-0.2, -0.15) is 0 Å². The SMILES string of the molecule is CC[C@@H]1OCC(O)(OCCCCCCCCCCC(=O)N[C@H]2C(CO)O[C@@H](OC(=O)[C@]34CCC(C)(C)CC3C3=CCC5C6(C)CC[C@H](O)[C@](C)(C=O)C6CCC5(C)[C@]3(C)C[C@H]4O)C(O[C@@H]3O[C@H](C)[C@H](O[C@@H]4OC[C@@H](O)C(O)C4O)C(O)C3O)C2O)C1O. The number of ether oxygens (including phenoxy) is 8. The highest BCUT2D eigenvalue weighted by molar-refractivity contribution is 5.80. The maximum Gasteiger partial charge on any atom is 0.317 e. The normalized spacial score (nSPS) is 48.6. The van der Waals surface area contributed by atoms with Crippen LogP contribution in [0.5, 0.6) is 0 Å². The number of carbonyl (C=O) groups excluding carboxylic acids is 3. The van der Waals surface area contributed by atoms with Gasteiger partial charge in [-0.1, -0.05) is 98.6 Å². The van der Waals surface area contributed by atoms with Crippen LogP contribution in [-0.2, 0) is 52.3 Å². The number of nitrogens with one attached hydrogen (secondary N) is 1. The van der Waals surface area contributed by atoms with Gasteiger partial charge in [0.2, 0.25) is 18.0 Å². The van der Waals surface area contributed by atoms with Gasteiger partial charge >= 0.3 is 5.97 Å². The number of unbranched alkanes of at least 4 members (excludes halogenated alkanes) is 7. The van der Waals surface area contributed by atoms with Crippen molar-refractivity contribution in [2.24, 2.45) is 50.2 Å². The standard InChI is InChI=1S/C64H105NO22/c1-9-38-53(77)64(79,33-81-38)82-27-17-15-13-11-10-12-14-16-18-44(71)65-45-39(30-66)84-56(52(47(45)73)86-55-50(76)48(74)51(34(2)83-55)85-54-49(75)46(72)37(68)31-80-54)87-57(78)63-26-25-58(3,4)28-36(63)35-19-20-41-59(5)23-22-42(69)60(6,32-67)40(59)21-24-61(41,7)62(35,8)29-43(63)70/h19,32,34,36-43,45-56,66,68-70,72-77,79H,9-18,20-31,33H2,1-8H3,(H,65,71)/t34-,36?,37-,38+,39?,40?,41?,42+,43-,45+,46?,47?,48?,49?,50?,51+,52?,53?,54+,55+,56+,59?,60-,61?,62-,63-,64?/m1/s1. The number of amides is 1. The summed E-state index contributed by atoms with van der Waals surface area (Å²) in [6, 6.07) is -1.37. The lowest BCUT2D eigenvalue weighted by atomic mass is 9.33. The molecule has 23 nitrogen and oxygen atoms in total. The van der Waals surface area contributed by atoms with Gasteiger partial charge in [-0.15, -0.1) is 0 Å². The molecule has 1 amide bonds. The molecular formula is C64H105NO22. The minimum Gasteiger partial charge on any atom is -0.432 e. The predicted molar refractivity (Wildman–Crippen MR) is 309 cm³/mol. The lowest BCUT2D eigenvalue weighted by Gasteiger charge is -2.71.